The van der Waals surface area contributed by atoms with Gasteiger partial charge in [-0.05, 0) is 37.0 Å². The monoisotopic (exact) mass is 305 g/mol. The third-order valence-corrected chi connectivity index (χ3v) is 4.43. The summed E-state index contributed by atoms with van der Waals surface area (Å²) in [7, 11) is 1.70. The van der Waals surface area contributed by atoms with Crippen molar-refractivity contribution in [1.29, 1.82) is 0 Å². The van der Waals surface area contributed by atoms with Crippen molar-refractivity contribution in [1.82, 2.24) is 15.2 Å². The Morgan fingerprint density at radius 1 is 1.36 bits per heavy atom. The van der Waals surface area contributed by atoms with Gasteiger partial charge in [0.1, 0.15) is 0 Å². The van der Waals surface area contributed by atoms with Crippen LogP contribution in [0.3, 0.4) is 0 Å². The van der Waals surface area contributed by atoms with Crippen LogP contribution in [0.2, 0.25) is 0 Å². The zero-order chi connectivity index (χ0) is 15.8. The highest BCUT2D eigenvalue weighted by atomic mass is 16.5. The van der Waals surface area contributed by atoms with Crippen LogP contribution in [0.25, 0.3) is 0 Å². The second-order valence-corrected chi connectivity index (χ2v) is 6.06. The number of amides is 1. The van der Waals surface area contributed by atoms with Crippen molar-refractivity contribution >= 4 is 5.91 Å². The average Bonchev–Trinajstić information content (AvgIpc) is 2.55. The van der Waals surface area contributed by atoms with E-state index in [1.807, 2.05) is 19.3 Å². The summed E-state index contributed by atoms with van der Waals surface area (Å²) in [4.78, 5) is 18.3. The summed E-state index contributed by atoms with van der Waals surface area (Å²) in [6.07, 6.45) is 7.15. The van der Waals surface area contributed by atoms with Gasteiger partial charge in [0.25, 0.3) is 0 Å². The van der Waals surface area contributed by atoms with Crippen LogP contribution >= 0.6 is 0 Å². The molecule has 1 saturated heterocycles. The normalized spacial score (nSPS) is 18.1. The molecular weight excluding hydrogens is 278 g/mol. The number of pyridine rings is 1. The number of likely N-dealkylation sites (tertiary alicyclic amines) is 1. The molecule has 1 fully saturated rings. The second-order valence-electron chi connectivity index (χ2n) is 6.06. The van der Waals surface area contributed by atoms with E-state index in [0.29, 0.717) is 13.0 Å². The van der Waals surface area contributed by atoms with E-state index in [-0.39, 0.29) is 11.4 Å². The Kier molecular flexibility index (Phi) is 6.34. The molecule has 122 valence electrons. The fraction of sp³-hybridized carbons (Fsp3) is 0.647. The van der Waals surface area contributed by atoms with Gasteiger partial charge in [-0.2, -0.15) is 0 Å². The number of ether oxygens (including phenoxy) is 1. The Balaban J connectivity index is 1.83. The first-order valence-electron chi connectivity index (χ1n) is 8.09. The summed E-state index contributed by atoms with van der Waals surface area (Å²) in [6, 6.07) is 4.14. The minimum atomic E-state index is -0.186. The van der Waals surface area contributed by atoms with Gasteiger partial charge in [-0.25, -0.2) is 0 Å². The number of carbonyl (C=O) groups excluding carboxylic acids is 1. The molecule has 1 aliphatic rings. The Morgan fingerprint density at radius 3 is 2.64 bits per heavy atom. The Morgan fingerprint density at radius 2 is 2.05 bits per heavy atom. The maximum absolute atomic E-state index is 11.8. The van der Waals surface area contributed by atoms with E-state index in [2.05, 4.69) is 27.3 Å². The molecule has 0 bridgehead atoms. The van der Waals surface area contributed by atoms with Crippen LogP contribution in [0.5, 0.6) is 0 Å². The van der Waals surface area contributed by atoms with Gasteiger partial charge in [0.2, 0.25) is 5.91 Å². The zero-order valence-corrected chi connectivity index (χ0v) is 13.7. The number of carbonyl (C=O) groups is 1. The number of hydrogen-bond donors (Lipinski definition) is 1. The average molecular weight is 305 g/mol. The van der Waals surface area contributed by atoms with E-state index in [1.54, 1.807) is 7.11 Å². The van der Waals surface area contributed by atoms with Gasteiger partial charge in [0.15, 0.2) is 0 Å². The lowest BCUT2D eigenvalue weighted by molar-refractivity contribution is -0.124. The summed E-state index contributed by atoms with van der Waals surface area (Å²) in [6.45, 7) is 5.53. The molecule has 0 spiro atoms. The van der Waals surface area contributed by atoms with Gasteiger partial charge < -0.3 is 15.0 Å². The first-order valence-corrected chi connectivity index (χ1v) is 8.09. The predicted octanol–water partition coefficient (Wildman–Crippen LogP) is 1.63. The van der Waals surface area contributed by atoms with Crippen LogP contribution < -0.4 is 5.32 Å². The maximum atomic E-state index is 11.8. The van der Waals surface area contributed by atoms with E-state index < -0.39 is 0 Å². The Labute approximate surface area is 133 Å². The molecule has 0 atom stereocenters. The Hall–Kier alpha value is -1.46. The molecule has 0 unspecified atom stereocenters. The number of aromatic nitrogens is 1. The zero-order valence-electron chi connectivity index (χ0n) is 13.7. The number of nitrogens with one attached hydrogen (secondary N) is 1. The molecule has 1 aromatic heterocycles. The number of rotatable bonds is 7. The smallest absolute Gasteiger partial charge is 0.220 e. The molecule has 2 rings (SSSR count). The van der Waals surface area contributed by atoms with Gasteiger partial charge in [-0.15, -0.1) is 0 Å². The van der Waals surface area contributed by atoms with Crippen LogP contribution in [-0.2, 0) is 16.0 Å². The lowest BCUT2D eigenvalue weighted by Crippen LogP contribution is -2.57. The summed E-state index contributed by atoms with van der Waals surface area (Å²) in [5, 5.41) is 3.18. The molecule has 1 amide bonds. The fourth-order valence-electron chi connectivity index (χ4n) is 3.01. The van der Waals surface area contributed by atoms with Crippen molar-refractivity contribution in [3.63, 3.8) is 0 Å². The first kappa shape index (κ1) is 16.9. The highest BCUT2D eigenvalue weighted by Crippen LogP contribution is 2.23. The molecule has 0 aromatic carbocycles. The number of methoxy groups -OCH3 is 1. The lowest BCUT2D eigenvalue weighted by Gasteiger charge is -2.42. The van der Waals surface area contributed by atoms with E-state index in [4.69, 9.17) is 4.74 Å². The van der Waals surface area contributed by atoms with Crippen LogP contribution in [0.1, 0.15) is 31.7 Å². The minimum Gasteiger partial charge on any atom is -0.382 e. The van der Waals surface area contributed by atoms with Crippen molar-refractivity contribution in [3.05, 3.63) is 30.1 Å². The molecule has 0 saturated carbocycles. The van der Waals surface area contributed by atoms with Crippen LogP contribution in [0.4, 0.5) is 0 Å². The maximum Gasteiger partial charge on any atom is 0.220 e. The van der Waals surface area contributed by atoms with Crippen molar-refractivity contribution < 1.29 is 9.53 Å². The number of hydrogen-bond acceptors (Lipinski definition) is 4. The molecule has 1 N–H and O–H groups in total. The number of piperidine rings is 1. The molecule has 2 heterocycles. The van der Waals surface area contributed by atoms with Crippen molar-refractivity contribution in [2.24, 2.45) is 0 Å². The molecule has 5 heteroatoms. The number of nitrogens with zero attached hydrogens (tertiary/aromatic N) is 2. The fourth-order valence-corrected chi connectivity index (χ4v) is 3.01. The molecule has 0 aliphatic carbocycles. The third-order valence-electron chi connectivity index (χ3n) is 4.43. The van der Waals surface area contributed by atoms with Crippen molar-refractivity contribution in [3.8, 4) is 0 Å². The lowest BCUT2D eigenvalue weighted by atomic mass is 9.87. The summed E-state index contributed by atoms with van der Waals surface area (Å²) in [5.74, 6) is 0.113. The standard InChI is InChI=1S/C17H27N3O2/c1-3-16(21)19-17(14-22-2)7-12-20(13-8-17)11-6-15-4-9-18-10-5-15/h4-5,9-10H,3,6-8,11-14H2,1-2H3,(H,19,21). The van der Waals surface area contributed by atoms with E-state index in [1.165, 1.54) is 5.56 Å². The van der Waals surface area contributed by atoms with Gasteiger partial charge >= 0.3 is 0 Å². The van der Waals surface area contributed by atoms with Gasteiger partial charge in [0, 0.05) is 45.6 Å². The third kappa shape index (κ3) is 4.78. The molecular formula is C17H27N3O2. The second kappa shape index (κ2) is 8.25. The van der Waals surface area contributed by atoms with E-state index in [9.17, 15) is 4.79 Å². The molecule has 22 heavy (non-hydrogen) atoms. The molecule has 0 radical (unpaired) electrons. The first-order chi connectivity index (χ1) is 10.7. The van der Waals surface area contributed by atoms with Crippen molar-refractivity contribution in [2.45, 2.75) is 38.1 Å². The minimum absolute atomic E-state index is 0.113. The van der Waals surface area contributed by atoms with Gasteiger partial charge in [0.05, 0.1) is 12.1 Å². The summed E-state index contributed by atoms with van der Waals surface area (Å²) < 4.78 is 5.35. The van der Waals surface area contributed by atoms with Crippen molar-refractivity contribution in [2.75, 3.05) is 33.4 Å². The van der Waals surface area contributed by atoms with Crippen LogP contribution in [0.15, 0.2) is 24.5 Å². The summed E-state index contributed by atoms with van der Waals surface area (Å²) >= 11 is 0. The van der Waals surface area contributed by atoms with Crippen LogP contribution in [-0.4, -0.2) is 54.7 Å². The highest BCUT2D eigenvalue weighted by Gasteiger charge is 2.35. The largest absolute Gasteiger partial charge is 0.382 e. The highest BCUT2D eigenvalue weighted by molar-refractivity contribution is 5.76. The topological polar surface area (TPSA) is 54.5 Å². The van der Waals surface area contributed by atoms with Gasteiger partial charge in [-0.3, -0.25) is 9.78 Å². The predicted molar refractivity (Wildman–Crippen MR) is 86.7 cm³/mol. The van der Waals surface area contributed by atoms with Crippen LogP contribution in [0, 0.1) is 0 Å². The summed E-state index contributed by atoms with van der Waals surface area (Å²) in [5.41, 5.74) is 1.14. The van der Waals surface area contributed by atoms with E-state index in [0.717, 1.165) is 38.9 Å². The van der Waals surface area contributed by atoms with E-state index >= 15 is 0 Å². The molecule has 1 aliphatic heterocycles. The molecule has 5 nitrogen and oxygen atoms in total. The molecule has 1 aromatic rings. The quantitative estimate of drug-likeness (QED) is 0.832. The SMILES string of the molecule is CCC(=O)NC1(COC)CCN(CCc2ccncc2)CC1. The Bertz CT molecular complexity index is 456. The van der Waals surface area contributed by atoms with Gasteiger partial charge in [-0.1, -0.05) is 6.92 Å².